The van der Waals surface area contributed by atoms with Crippen molar-refractivity contribution in [3.63, 3.8) is 0 Å². The molecule has 0 spiro atoms. The first-order valence-corrected chi connectivity index (χ1v) is 22.6. The lowest BCUT2D eigenvalue weighted by Gasteiger charge is -2.35. The van der Waals surface area contributed by atoms with Crippen LogP contribution >= 0.6 is 0 Å². The Balaban J connectivity index is -0.000000259. The first kappa shape index (κ1) is 77.1. The summed E-state index contributed by atoms with van der Waals surface area (Å²) in [4.78, 5) is 0. The second kappa shape index (κ2) is 53.5. The molecule has 0 aromatic rings. The van der Waals surface area contributed by atoms with Crippen LogP contribution in [0, 0.1) is 22.2 Å². The maximum absolute atomic E-state index is 6.00. The van der Waals surface area contributed by atoms with E-state index in [1.165, 1.54) is 0 Å². The summed E-state index contributed by atoms with van der Waals surface area (Å²) in [5.74, 6) is 0.361. The fourth-order valence-corrected chi connectivity index (χ4v) is 7.07. The lowest BCUT2D eigenvalue weighted by atomic mass is 9.90. The molecular formula is C48H106O21. The molecule has 0 aromatic carbocycles. The van der Waals surface area contributed by atoms with Gasteiger partial charge < -0.3 is 99.5 Å². The zero-order chi connectivity index (χ0) is 53.9. The Morgan fingerprint density at radius 1 is 0.290 bits per heavy atom. The van der Waals surface area contributed by atoms with Gasteiger partial charge in [0.25, 0.3) is 0 Å². The smallest absolute Gasteiger partial charge is 0.116 e. The maximum atomic E-state index is 6.00. The minimum absolute atomic E-state index is 0.0370. The number of methoxy groups -OCH3 is 20. The molecule has 424 valence electrons. The minimum Gasteiger partial charge on any atom is -0.384 e. The predicted octanol–water partition coefficient (Wildman–Crippen LogP) is 3.34. The van der Waals surface area contributed by atoms with Crippen LogP contribution in [-0.4, -0.2) is 285 Å². The van der Waals surface area contributed by atoms with Gasteiger partial charge in [-0.3, -0.25) is 0 Å². The summed E-state index contributed by atoms with van der Waals surface area (Å²) in [7, 11) is 33.1. The summed E-state index contributed by atoms with van der Waals surface area (Å²) in [5, 5.41) is 0. The van der Waals surface area contributed by atoms with Gasteiger partial charge in [0.15, 0.2) is 0 Å². The van der Waals surface area contributed by atoms with Crippen molar-refractivity contribution in [1.29, 1.82) is 0 Å². The van der Waals surface area contributed by atoms with Gasteiger partial charge in [0.2, 0.25) is 0 Å². The van der Waals surface area contributed by atoms with Gasteiger partial charge >= 0.3 is 0 Å². The maximum Gasteiger partial charge on any atom is 0.116 e. The van der Waals surface area contributed by atoms with Crippen molar-refractivity contribution in [1.82, 2.24) is 0 Å². The highest BCUT2D eigenvalue weighted by atomic mass is 16.6. The van der Waals surface area contributed by atoms with Gasteiger partial charge in [-0.2, -0.15) is 0 Å². The Morgan fingerprint density at radius 2 is 0.565 bits per heavy atom. The molecule has 0 rings (SSSR count). The van der Waals surface area contributed by atoms with Crippen molar-refractivity contribution in [3.8, 4) is 0 Å². The summed E-state index contributed by atoms with van der Waals surface area (Å²) in [5.41, 5.74) is -1.35. The van der Waals surface area contributed by atoms with Crippen molar-refractivity contribution in [3.05, 3.63) is 0 Å². The largest absolute Gasteiger partial charge is 0.384 e. The zero-order valence-electron chi connectivity index (χ0n) is 47.6. The summed E-state index contributed by atoms with van der Waals surface area (Å²) in [6.07, 6.45) is 0.00222. The molecule has 0 amide bonds. The lowest BCUT2D eigenvalue weighted by molar-refractivity contribution is -0.152. The molecule has 0 bridgehead atoms. The second-order valence-electron chi connectivity index (χ2n) is 16.9. The van der Waals surface area contributed by atoms with E-state index in [0.29, 0.717) is 125 Å². The molecular weight excluding hydrogens is 913 g/mol. The zero-order valence-corrected chi connectivity index (χ0v) is 47.6. The van der Waals surface area contributed by atoms with Crippen molar-refractivity contribution >= 4 is 0 Å². The van der Waals surface area contributed by atoms with E-state index in [-0.39, 0.29) is 34.6 Å². The second-order valence-corrected chi connectivity index (χ2v) is 16.9. The third-order valence-electron chi connectivity index (χ3n) is 10.2. The first-order valence-electron chi connectivity index (χ1n) is 22.6. The van der Waals surface area contributed by atoms with Crippen molar-refractivity contribution in [2.24, 2.45) is 22.2 Å². The molecule has 0 aliphatic rings. The third-order valence-corrected chi connectivity index (χ3v) is 10.2. The molecule has 21 nitrogen and oxygen atoms in total. The molecule has 0 radical (unpaired) electrons. The van der Waals surface area contributed by atoms with Crippen LogP contribution in [0.4, 0.5) is 0 Å². The van der Waals surface area contributed by atoms with E-state index in [0.717, 1.165) is 0 Å². The van der Waals surface area contributed by atoms with E-state index in [1.807, 2.05) is 13.8 Å². The minimum atomic E-state index is -0.459. The highest BCUT2D eigenvalue weighted by Crippen LogP contribution is 2.25. The molecule has 0 N–H and O–H groups in total. The molecule has 0 aliphatic carbocycles. The van der Waals surface area contributed by atoms with E-state index >= 15 is 0 Å². The van der Waals surface area contributed by atoms with Gasteiger partial charge in [0.1, 0.15) is 17.8 Å². The topological polar surface area (TPSA) is 194 Å². The van der Waals surface area contributed by atoms with Crippen molar-refractivity contribution in [2.45, 2.75) is 37.8 Å². The van der Waals surface area contributed by atoms with Gasteiger partial charge in [-0.15, -0.1) is 0 Å². The summed E-state index contributed by atoms with van der Waals surface area (Å²) < 4.78 is 109. The molecule has 21 heteroatoms. The van der Waals surface area contributed by atoms with Crippen LogP contribution < -0.4 is 0 Å². The fourth-order valence-electron chi connectivity index (χ4n) is 7.07. The molecule has 0 saturated heterocycles. The van der Waals surface area contributed by atoms with Crippen LogP contribution in [0.25, 0.3) is 0 Å². The lowest BCUT2D eigenvalue weighted by Crippen LogP contribution is -2.48. The highest BCUT2D eigenvalue weighted by Gasteiger charge is 2.36. The quantitative estimate of drug-likeness (QED) is 0.0864. The van der Waals surface area contributed by atoms with Gasteiger partial charge in [-0.1, -0.05) is 0 Å². The SMILES string of the molecule is COCC(COC)(COC)COC.COCC(COC)(COC)COCC(COC)(COC)COC.COCC(COC)COC.COCC(OC)C(C)OC.COC[C@@H](OC)[C@](C)(COC)OC. The summed E-state index contributed by atoms with van der Waals surface area (Å²) in [6, 6.07) is 0. The van der Waals surface area contributed by atoms with Crippen molar-refractivity contribution < 1.29 is 99.5 Å². The average Bonchev–Trinajstić information content (AvgIpc) is 3.32. The van der Waals surface area contributed by atoms with E-state index in [1.54, 1.807) is 142 Å². The summed E-state index contributed by atoms with van der Waals surface area (Å²) >= 11 is 0. The third kappa shape index (κ3) is 39.3. The Morgan fingerprint density at radius 3 is 0.768 bits per heavy atom. The van der Waals surface area contributed by atoms with Gasteiger partial charge in [0, 0.05) is 148 Å². The molecule has 4 atom stereocenters. The van der Waals surface area contributed by atoms with Crippen LogP contribution in [0.1, 0.15) is 13.8 Å². The van der Waals surface area contributed by atoms with E-state index in [4.69, 9.17) is 99.5 Å². The van der Waals surface area contributed by atoms with Gasteiger partial charge in [0.05, 0.1) is 141 Å². The van der Waals surface area contributed by atoms with Crippen LogP contribution in [0.5, 0.6) is 0 Å². The molecule has 0 aromatic heterocycles. The van der Waals surface area contributed by atoms with E-state index < -0.39 is 5.60 Å². The average molecular weight is 1020 g/mol. The predicted molar refractivity (Wildman–Crippen MR) is 265 cm³/mol. The molecule has 0 saturated carbocycles. The standard InChI is InChI=1S/C16H34O7.2C9H20O4.2C7H16O3/c1-17-7-15(8-18-2,9-19-3)13-23-14-16(10-20-4,11-21-5)12-22-6;1-10-5-9(6-11-2,7-12-3)8-13-4;1-9(13-5,7-11-3)8(12-4)6-10-2;1-8-4-7(5-9-2)6-10-3;1-6(9-3)7(10-4)5-8-2/h7-14H2,1-6H3;5-8H2,1-4H3;8H,6-7H2,1-5H3;7H,4-6H2,1-3H3;6-7H,5H2,1-4H3/t;;8-,9+;;/m..1../s1. The van der Waals surface area contributed by atoms with E-state index in [2.05, 4.69) is 0 Å². The van der Waals surface area contributed by atoms with Gasteiger partial charge in [-0.25, -0.2) is 0 Å². The normalized spacial score (nSPS) is 14.0. The molecule has 2 unspecified atom stereocenters. The highest BCUT2D eigenvalue weighted by molar-refractivity contribution is 4.85. The Kier molecular flexibility index (Phi) is 59.7. The van der Waals surface area contributed by atoms with Crippen LogP contribution in [0.3, 0.4) is 0 Å². The number of ether oxygens (including phenoxy) is 21. The Bertz CT molecular complexity index is 886. The van der Waals surface area contributed by atoms with Crippen LogP contribution in [0.15, 0.2) is 0 Å². The number of hydrogen-bond acceptors (Lipinski definition) is 21. The Labute approximate surface area is 419 Å². The van der Waals surface area contributed by atoms with Crippen LogP contribution in [0.2, 0.25) is 0 Å². The monoisotopic (exact) mass is 1020 g/mol. The first-order chi connectivity index (χ1) is 33.1. The Hall–Kier alpha value is -0.840. The molecule has 0 heterocycles. The molecule has 0 aliphatic heterocycles. The molecule has 69 heavy (non-hydrogen) atoms. The van der Waals surface area contributed by atoms with Crippen LogP contribution in [-0.2, 0) is 99.5 Å². The van der Waals surface area contributed by atoms with Crippen molar-refractivity contribution in [2.75, 3.05) is 261 Å². The fraction of sp³-hybridized carbons (Fsp3) is 1.00. The summed E-state index contributed by atoms with van der Waals surface area (Å²) in [6.45, 7) is 13.6. The number of hydrogen-bond donors (Lipinski definition) is 0. The van der Waals surface area contributed by atoms with E-state index in [9.17, 15) is 0 Å². The number of rotatable bonds is 42. The molecule has 0 fully saturated rings. The van der Waals surface area contributed by atoms with Gasteiger partial charge in [-0.05, 0) is 13.8 Å².